The van der Waals surface area contributed by atoms with Crippen LogP contribution in [0.1, 0.15) is 30.5 Å². The van der Waals surface area contributed by atoms with Crippen molar-refractivity contribution < 1.29 is 0 Å². The van der Waals surface area contributed by atoms with Gasteiger partial charge in [-0.05, 0) is 23.8 Å². The predicted octanol–water partition coefficient (Wildman–Crippen LogP) is 2.69. The normalized spacial score (nSPS) is 20.6. The summed E-state index contributed by atoms with van der Waals surface area (Å²) in [7, 11) is 7.94. The Hall–Kier alpha value is -2.50. The standard InChI is InChI=1S/C21H32N6/c1-16-15-27(12-11-19(16)17-9-7-6-8-10-17)20(22-2)23-13-18-14-24-21(25(3)4)26(18)5/h6-10,14,16,19H,11-13,15H2,1-5H3,(H,22,23). The van der Waals surface area contributed by atoms with Crippen LogP contribution < -0.4 is 10.2 Å². The highest BCUT2D eigenvalue weighted by atomic mass is 15.3. The van der Waals surface area contributed by atoms with Crippen molar-refractivity contribution in [3.05, 3.63) is 47.8 Å². The summed E-state index contributed by atoms with van der Waals surface area (Å²) in [6.45, 7) is 5.12. The van der Waals surface area contributed by atoms with Gasteiger partial charge in [-0.1, -0.05) is 37.3 Å². The predicted molar refractivity (Wildman–Crippen MR) is 112 cm³/mol. The van der Waals surface area contributed by atoms with E-state index in [1.807, 2.05) is 32.2 Å². The molecule has 2 aromatic rings. The molecular weight excluding hydrogens is 336 g/mol. The molecular formula is C21H32N6. The number of rotatable bonds is 4. The molecule has 27 heavy (non-hydrogen) atoms. The van der Waals surface area contributed by atoms with Gasteiger partial charge >= 0.3 is 0 Å². The zero-order valence-corrected chi connectivity index (χ0v) is 17.2. The number of benzene rings is 1. The number of hydrogen-bond acceptors (Lipinski definition) is 3. The molecule has 0 amide bonds. The molecule has 0 spiro atoms. The Labute approximate surface area is 162 Å². The molecule has 1 aromatic carbocycles. The molecule has 146 valence electrons. The number of aromatic nitrogens is 2. The Morgan fingerprint density at radius 1 is 1.30 bits per heavy atom. The second-order valence-electron chi connectivity index (χ2n) is 7.63. The minimum atomic E-state index is 0.594. The second kappa shape index (κ2) is 8.46. The Kier molecular flexibility index (Phi) is 6.04. The Bertz CT molecular complexity index is 764. The van der Waals surface area contributed by atoms with E-state index >= 15 is 0 Å². The van der Waals surface area contributed by atoms with Crippen LogP contribution in [0.15, 0.2) is 41.5 Å². The molecule has 1 fully saturated rings. The molecule has 0 radical (unpaired) electrons. The molecule has 1 aliphatic rings. The number of aliphatic imine (C=N–C) groups is 1. The Morgan fingerprint density at radius 3 is 2.63 bits per heavy atom. The van der Waals surface area contributed by atoms with Crippen LogP contribution in [0.4, 0.5) is 5.95 Å². The maximum Gasteiger partial charge on any atom is 0.204 e. The van der Waals surface area contributed by atoms with Gasteiger partial charge in [0, 0.05) is 41.3 Å². The lowest BCUT2D eigenvalue weighted by atomic mass is 9.82. The summed E-state index contributed by atoms with van der Waals surface area (Å²) in [4.78, 5) is 13.4. The molecule has 0 bridgehead atoms. The summed E-state index contributed by atoms with van der Waals surface area (Å²) in [5.41, 5.74) is 2.60. The van der Waals surface area contributed by atoms with Crippen LogP contribution in [0.25, 0.3) is 0 Å². The van der Waals surface area contributed by atoms with Gasteiger partial charge in [0.1, 0.15) is 0 Å². The smallest absolute Gasteiger partial charge is 0.204 e. The minimum Gasteiger partial charge on any atom is -0.351 e. The number of piperidine rings is 1. The SMILES string of the molecule is CN=C(NCc1cnc(N(C)C)n1C)N1CCC(c2ccccc2)C(C)C1. The van der Waals surface area contributed by atoms with Crippen molar-refractivity contribution in [1.29, 1.82) is 0 Å². The summed E-state index contributed by atoms with van der Waals surface area (Å²) >= 11 is 0. The van der Waals surface area contributed by atoms with Crippen LogP contribution in [-0.4, -0.2) is 54.6 Å². The lowest BCUT2D eigenvalue weighted by Crippen LogP contribution is -2.47. The monoisotopic (exact) mass is 368 g/mol. The van der Waals surface area contributed by atoms with Gasteiger partial charge in [-0.3, -0.25) is 4.99 Å². The molecule has 1 aromatic heterocycles. The minimum absolute atomic E-state index is 0.594. The molecule has 2 heterocycles. The summed E-state index contributed by atoms with van der Waals surface area (Å²) in [6.07, 6.45) is 3.09. The molecule has 2 unspecified atom stereocenters. The highest BCUT2D eigenvalue weighted by Gasteiger charge is 2.28. The first-order valence-corrected chi connectivity index (χ1v) is 9.69. The van der Waals surface area contributed by atoms with Crippen molar-refractivity contribution in [2.45, 2.75) is 25.8 Å². The average Bonchev–Trinajstić information content (AvgIpc) is 3.04. The quantitative estimate of drug-likeness (QED) is 0.666. The molecule has 6 heteroatoms. The summed E-state index contributed by atoms with van der Waals surface area (Å²) in [5, 5.41) is 3.52. The largest absolute Gasteiger partial charge is 0.351 e. The van der Waals surface area contributed by atoms with Crippen LogP contribution in [0.3, 0.4) is 0 Å². The maximum absolute atomic E-state index is 4.52. The van der Waals surface area contributed by atoms with Gasteiger partial charge < -0.3 is 19.7 Å². The van der Waals surface area contributed by atoms with E-state index in [-0.39, 0.29) is 0 Å². The molecule has 3 rings (SSSR count). The number of nitrogens with zero attached hydrogens (tertiary/aromatic N) is 5. The zero-order chi connectivity index (χ0) is 19.4. The molecule has 1 aliphatic heterocycles. The first-order valence-electron chi connectivity index (χ1n) is 9.69. The Balaban J connectivity index is 1.61. The fourth-order valence-corrected chi connectivity index (χ4v) is 4.05. The topological polar surface area (TPSA) is 48.7 Å². The van der Waals surface area contributed by atoms with Crippen molar-refractivity contribution in [3.8, 4) is 0 Å². The summed E-state index contributed by atoms with van der Waals surface area (Å²) in [5.74, 6) is 3.15. The van der Waals surface area contributed by atoms with Crippen LogP contribution >= 0.6 is 0 Å². The highest BCUT2D eigenvalue weighted by molar-refractivity contribution is 5.80. The van der Waals surface area contributed by atoms with E-state index in [0.717, 1.165) is 43.7 Å². The summed E-state index contributed by atoms with van der Waals surface area (Å²) in [6, 6.07) is 10.9. The number of likely N-dealkylation sites (tertiary alicyclic amines) is 1. The maximum atomic E-state index is 4.52. The van der Waals surface area contributed by atoms with Gasteiger partial charge in [0.2, 0.25) is 5.95 Å². The molecule has 0 aliphatic carbocycles. The van der Waals surface area contributed by atoms with Gasteiger partial charge in [0.05, 0.1) is 18.4 Å². The van der Waals surface area contributed by atoms with E-state index in [1.165, 1.54) is 5.56 Å². The van der Waals surface area contributed by atoms with Crippen molar-refractivity contribution in [3.63, 3.8) is 0 Å². The van der Waals surface area contributed by atoms with E-state index in [4.69, 9.17) is 0 Å². The number of imidazole rings is 1. The number of hydrogen-bond donors (Lipinski definition) is 1. The zero-order valence-electron chi connectivity index (χ0n) is 17.2. The number of guanidine groups is 1. The lowest BCUT2D eigenvalue weighted by molar-refractivity contribution is 0.234. The fourth-order valence-electron chi connectivity index (χ4n) is 4.05. The van der Waals surface area contributed by atoms with Crippen LogP contribution in [0, 0.1) is 5.92 Å². The van der Waals surface area contributed by atoms with E-state index < -0.39 is 0 Å². The van der Waals surface area contributed by atoms with E-state index in [1.54, 1.807) is 0 Å². The third-order valence-corrected chi connectivity index (χ3v) is 5.53. The van der Waals surface area contributed by atoms with Gasteiger partial charge in [0.25, 0.3) is 0 Å². The fraction of sp³-hybridized carbons (Fsp3) is 0.524. The number of nitrogens with one attached hydrogen (secondary N) is 1. The molecule has 1 N–H and O–H groups in total. The van der Waals surface area contributed by atoms with E-state index in [9.17, 15) is 0 Å². The van der Waals surface area contributed by atoms with Crippen molar-refractivity contribution in [2.75, 3.05) is 39.1 Å². The van der Waals surface area contributed by atoms with Crippen LogP contribution in [-0.2, 0) is 13.6 Å². The van der Waals surface area contributed by atoms with Gasteiger partial charge in [-0.2, -0.15) is 0 Å². The van der Waals surface area contributed by atoms with Crippen molar-refractivity contribution in [2.24, 2.45) is 18.0 Å². The molecule has 2 atom stereocenters. The first kappa shape index (κ1) is 19.3. The average molecular weight is 369 g/mol. The second-order valence-corrected chi connectivity index (χ2v) is 7.63. The van der Waals surface area contributed by atoms with Gasteiger partial charge in [-0.15, -0.1) is 0 Å². The third kappa shape index (κ3) is 4.26. The third-order valence-electron chi connectivity index (χ3n) is 5.53. The molecule has 1 saturated heterocycles. The van der Waals surface area contributed by atoms with E-state index in [0.29, 0.717) is 11.8 Å². The summed E-state index contributed by atoms with van der Waals surface area (Å²) < 4.78 is 2.12. The Morgan fingerprint density at radius 2 is 2.04 bits per heavy atom. The molecule has 6 nitrogen and oxygen atoms in total. The van der Waals surface area contributed by atoms with Gasteiger partial charge in [-0.25, -0.2) is 4.98 Å². The van der Waals surface area contributed by atoms with Crippen LogP contribution in [0.5, 0.6) is 0 Å². The molecule has 0 saturated carbocycles. The number of anilines is 1. The highest BCUT2D eigenvalue weighted by Crippen LogP contribution is 2.32. The van der Waals surface area contributed by atoms with E-state index in [2.05, 4.69) is 69.1 Å². The van der Waals surface area contributed by atoms with Crippen molar-refractivity contribution in [1.82, 2.24) is 19.8 Å². The first-order chi connectivity index (χ1) is 13.0. The lowest BCUT2D eigenvalue weighted by Gasteiger charge is -2.39. The van der Waals surface area contributed by atoms with Gasteiger partial charge in [0.15, 0.2) is 5.96 Å². The van der Waals surface area contributed by atoms with Crippen molar-refractivity contribution >= 4 is 11.9 Å². The van der Waals surface area contributed by atoms with Crippen LogP contribution in [0.2, 0.25) is 0 Å².